The lowest BCUT2D eigenvalue weighted by molar-refractivity contribution is 0.0677. The molecule has 21 heavy (non-hydrogen) atoms. The first-order chi connectivity index (χ1) is 10.1. The molecule has 1 aliphatic heterocycles. The normalized spacial score (nSPS) is 19.0. The van der Waals surface area contributed by atoms with Crippen LogP contribution >= 0.6 is 0 Å². The van der Waals surface area contributed by atoms with Crippen LogP contribution in [0.1, 0.15) is 30.3 Å². The van der Waals surface area contributed by atoms with Gasteiger partial charge in [-0.15, -0.1) is 0 Å². The summed E-state index contributed by atoms with van der Waals surface area (Å²) in [5.41, 5.74) is 0.205. The van der Waals surface area contributed by atoms with Gasteiger partial charge in [0.15, 0.2) is 5.69 Å². The number of piperidine rings is 1. The van der Waals surface area contributed by atoms with Crippen LogP contribution in [0.3, 0.4) is 0 Å². The Morgan fingerprint density at radius 2 is 2.00 bits per heavy atom. The lowest BCUT2D eigenvalue weighted by atomic mass is 9.99. The molecule has 1 atom stereocenters. The van der Waals surface area contributed by atoms with Crippen molar-refractivity contribution < 1.29 is 4.79 Å². The Balaban J connectivity index is 2.10. The van der Waals surface area contributed by atoms with Crippen molar-refractivity contribution in [1.82, 2.24) is 14.7 Å². The largest absolute Gasteiger partial charge is 0.337 e. The summed E-state index contributed by atoms with van der Waals surface area (Å²) in [5, 5.41) is 5.40. The van der Waals surface area contributed by atoms with Crippen molar-refractivity contribution in [1.29, 1.82) is 0 Å². The van der Waals surface area contributed by atoms with Gasteiger partial charge in [0.05, 0.1) is 5.39 Å². The monoisotopic (exact) mass is 285 g/mol. The molecule has 0 spiro atoms. The van der Waals surface area contributed by atoms with Gasteiger partial charge in [0.2, 0.25) is 0 Å². The summed E-state index contributed by atoms with van der Waals surface area (Å²) in [4.78, 5) is 26.7. The van der Waals surface area contributed by atoms with E-state index in [2.05, 4.69) is 12.0 Å². The summed E-state index contributed by atoms with van der Waals surface area (Å²) < 4.78 is 1.25. The van der Waals surface area contributed by atoms with E-state index in [-0.39, 0.29) is 11.5 Å². The number of amides is 1. The molecule has 2 aromatic rings. The molecular formula is C16H19N3O2. The lowest BCUT2D eigenvalue weighted by Crippen LogP contribution is -2.40. The van der Waals surface area contributed by atoms with E-state index in [1.165, 1.54) is 4.68 Å². The van der Waals surface area contributed by atoms with Gasteiger partial charge in [0.1, 0.15) is 0 Å². The first-order valence-corrected chi connectivity index (χ1v) is 7.33. The first-order valence-electron chi connectivity index (χ1n) is 7.33. The average Bonchev–Trinajstić information content (AvgIpc) is 2.50. The lowest BCUT2D eigenvalue weighted by Gasteiger charge is -2.30. The van der Waals surface area contributed by atoms with E-state index in [0.717, 1.165) is 25.9 Å². The zero-order valence-corrected chi connectivity index (χ0v) is 12.4. The zero-order chi connectivity index (χ0) is 15.0. The minimum Gasteiger partial charge on any atom is -0.337 e. The predicted octanol–water partition coefficient (Wildman–Crippen LogP) is 1.81. The number of rotatable bonds is 1. The van der Waals surface area contributed by atoms with Gasteiger partial charge in [-0.3, -0.25) is 9.59 Å². The molecule has 1 unspecified atom stereocenters. The highest BCUT2D eigenvalue weighted by Crippen LogP contribution is 2.20. The van der Waals surface area contributed by atoms with Gasteiger partial charge in [0.25, 0.3) is 11.5 Å². The molecule has 110 valence electrons. The molecule has 5 heteroatoms. The van der Waals surface area contributed by atoms with Gasteiger partial charge in [0, 0.05) is 25.5 Å². The van der Waals surface area contributed by atoms with E-state index in [0.29, 0.717) is 22.4 Å². The van der Waals surface area contributed by atoms with Gasteiger partial charge in [-0.2, -0.15) is 5.10 Å². The fourth-order valence-corrected chi connectivity index (χ4v) is 2.98. The third kappa shape index (κ3) is 2.44. The number of hydrogen-bond donors (Lipinski definition) is 0. The van der Waals surface area contributed by atoms with Crippen LogP contribution in [0.25, 0.3) is 10.8 Å². The van der Waals surface area contributed by atoms with Crippen LogP contribution in [0.4, 0.5) is 0 Å². The number of aromatic nitrogens is 2. The van der Waals surface area contributed by atoms with Crippen LogP contribution < -0.4 is 5.56 Å². The van der Waals surface area contributed by atoms with Crippen molar-refractivity contribution in [2.45, 2.75) is 19.8 Å². The van der Waals surface area contributed by atoms with Gasteiger partial charge >= 0.3 is 0 Å². The fraction of sp³-hybridized carbons (Fsp3) is 0.438. The molecule has 3 rings (SSSR count). The Kier molecular flexibility index (Phi) is 3.49. The van der Waals surface area contributed by atoms with E-state index >= 15 is 0 Å². The topological polar surface area (TPSA) is 55.2 Å². The summed E-state index contributed by atoms with van der Waals surface area (Å²) in [7, 11) is 1.59. The number of hydrogen-bond acceptors (Lipinski definition) is 3. The van der Waals surface area contributed by atoms with Crippen molar-refractivity contribution in [2.75, 3.05) is 13.1 Å². The van der Waals surface area contributed by atoms with Crippen molar-refractivity contribution in [3.8, 4) is 0 Å². The summed E-state index contributed by atoms with van der Waals surface area (Å²) in [6.07, 6.45) is 2.18. The molecule has 1 aliphatic rings. The predicted molar refractivity (Wildman–Crippen MR) is 81.3 cm³/mol. The molecule has 0 N–H and O–H groups in total. The second-order valence-electron chi connectivity index (χ2n) is 5.82. The van der Waals surface area contributed by atoms with Crippen molar-refractivity contribution >= 4 is 16.7 Å². The fourth-order valence-electron chi connectivity index (χ4n) is 2.98. The molecule has 5 nitrogen and oxygen atoms in total. The Morgan fingerprint density at radius 3 is 2.71 bits per heavy atom. The molecule has 1 aromatic heterocycles. The average molecular weight is 285 g/mol. The molecule has 0 aliphatic carbocycles. The molecule has 1 saturated heterocycles. The van der Waals surface area contributed by atoms with E-state index < -0.39 is 0 Å². The second-order valence-corrected chi connectivity index (χ2v) is 5.82. The van der Waals surface area contributed by atoms with E-state index in [4.69, 9.17) is 0 Å². The van der Waals surface area contributed by atoms with E-state index in [9.17, 15) is 9.59 Å². The first kappa shape index (κ1) is 13.8. The maximum atomic E-state index is 12.8. The molecule has 1 amide bonds. The molecule has 2 heterocycles. The molecule has 0 radical (unpaired) electrons. The molecule has 0 bridgehead atoms. The summed E-state index contributed by atoms with van der Waals surface area (Å²) >= 11 is 0. The number of carbonyl (C=O) groups excluding carboxylic acids is 1. The van der Waals surface area contributed by atoms with Crippen LogP contribution in [-0.2, 0) is 7.05 Å². The van der Waals surface area contributed by atoms with Gasteiger partial charge in [-0.05, 0) is 24.8 Å². The molecule has 1 fully saturated rings. The number of fused-ring (bicyclic) bond motifs is 1. The van der Waals surface area contributed by atoms with Crippen molar-refractivity contribution in [3.63, 3.8) is 0 Å². The van der Waals surface area contributed by atoms with Crippen molar-refractivity contribution in [3.05, 3.63) is 40.3 Å². The SMILES string of the molecule is CC1CCCN(C(=O)c2nn(C)c(=O)c3ccccc23)C1. The number of likely N-dealkylation sites (tertiary alicyclic amines) is 1. The summed E-state index contributed by atoms with van der Waals surface area (Å²) in [6, 6.07) is 7.18. The van der Waals surface area contributed by atoms with Crippen LogP contribution in [0, 0.1) is 5.92 Å². The number of benzene rings is 1. The van der Waals surface area contributed by atoms with Crippen LogP contribution in [0.15, 0.2) is 29.1 Å². The van der Waals surface area contributed by atoms with Crippen LogP contribution in [0.5, 0.6) is 0 Å². The van der Waals surface area contributed by atoms with Gasteiger partial charge in [-0.1, -0.05) is 25.1 Å². The number of nitrogens with zero attached hydrogens (tertiary/aromatic N) is 3. The minimum absolute atomic E-state index is 0.0756. The Labute approximate surface area is 123 Å². The zero-order valence-electron chi connectivity index (χ0n) is 12.4. The highest BCUT2D eigenvalue weighted by Gasteiger charge is 2.25. The number of aryl methyl sites for hydroxylation is 1. The minimum atomic E-state index is -0.172. The molecule has 0 saturated carbocycles. The van der Waals surface area contributed by atoms with Gasteiger partial charge < -0.3 is 4.90 Å². The van der Waals surface area contributed by atoms with Crippen LogP contribution in [0.2, 0.25) is 0 Å². The second kappa shape index (κ2) is 5.31. The quantitative estimate of drug-likeness (QED) is 0.803. The Hall–Kier alpha value is -2.17. The molecule has 1 aromatic carbocycles. The van der Waals surface area contributed by atoms with E-state index in [1.807, 2.05) is 11.0 Å². The highest BCUT2D eigenvalue weighted by atomic mass is 16.2. The third-order valence-electron chi connectivity index (χ3n) is 4.10. The Bertz CT molecular complexity index is 751. The van der Waals surface area contributed by atoms with Crippen LogP contribution in [-0.4, -0.2) is 33.7 Å². The Morgan fingerprint density at radius 1 is 1.29 bits per heavy atom. The maximum absolute atomic E-state index is 12.8. The smallest absolute Gasteiger partial charge is 0.274 e. The summed E-state index contributed by atoms with van der Waals surface area (Å²) in [6.45, 7) is 3.69. The maximum Gasteiger partial charge on any atom is 0.274 e. The summed E-state index contributed by atoms with van der Waals surface area (Å²) in [5.74, 6) is 0.440. The van der Waals surface area contributed by atoms with E-state index in [1.54, 1.807) is 25.2 Å². The molecular weight excluding hydrogens is 266 g/mol. The number of carbonyl (C=O) groups is 1. The van der Waals surface area contributed by atoms with Crippen molar-refractivity contribution in [2.24, 2.45) is 13.0 Å². The highest BCUT2D eigenvalue weighted by molar-refractivity contribution is 6.04. The standard InChI is InChI=1S/C16H19N3O2/c1-11-6-5-9-19(10-11)16(21)14-12-7-3-4-8-13(12)15(20)18(2)17-14/h3-4,7-8,11H,5-6,9-10H2,1-2H3. The third-order valence-corrected chi connectivity index (χ3v) is 4.10. The van der Waals surface area contributed by atoms with Gasteiger partial charge in [-0.25, -0.2) is 4.68 Å².